The van der Waals surface area contributed by atoms with Gasteiger partial charge in [0.1, 0.15) is 5.00 Å². The molecule has 1 aliphatic heterocycles. The fourth-order valence-electron chi connectivity index (χ4n) is 2.08. The van der Waals surface area contributed by atoms with Gasteiger partial charge in [0.05, 0.1) is 12.1 Å². The molecule has 4 N–H and O–H groups in total. The van der Waals surface area contributed by atoms with Crippen LogP contribution in [-0.4, -0.2) is 33.2 Å². The van der Waals surface area contributed by atoms with Crippen molar-refractivity contribution in [1.29, 1.82) is 0 Å². The normalized spacial score (nSPS) is 18.9. The van der Waals surface area contributed by atoms with Crippen LogP contribution in [-0.2, 0) is 13.0 Å². The molecule has 0 aliphatic carbocycles. The lowest BCUT2D eigenvalue weighted by Crippen LogP contribution is -2.41. The van der Waals surface area contributed by atoms with E-state index in [-0.39, 0.29) is 23.2 Å². The van der Waals surface area contributed by atoms with E-state index in [1.165, 1.54) is 4.90 Å². The lowest BCUT2D eigenvalue weighted by Gasteiger charge is -2.31. The molecule has 1 aromatic rings. The summed E-state index contributed by atoms with van der Waals surface area (Å²) >= 11 is 1.16. The monoisotopic (exact) mass is 256 g/mol. The molecule has 17 heavy (non-hydrogen) atoms. The quantitative estimate of drug-likeness (QED) is 0.705. The van der Waals surface area contributed by atoms with Crippen molar-refractivity contribution in [3.8, 4) is 0 Å². The number of rotatable bonds is 1. The van der Waals surface area contributed by atoms with E-state index < -0.39 is 12.1 Å². The standard InChI is InChI=1S/C10H12N2O4S/c1-4-2-5-6(3-12(4)10(15)16)17-8(11)7(5)9(13)14/h4H,2-3,11H2,1H3,(H,13,14)(H,15,16)/t4-/m1/s1. The van der Waals surface area contributed by atoms with Gasteiger partial charge in [0, 0.05) is 10.9 Å². The third-order valence-electron chi connectivity index (χ3n) is 2.92. The first-order chi connectivity index (χ1) is 7.91. The lowest BCUT2D eigenvalue weighted by atomic mass is 9.98. The summed E-state index contributed by atoms with van der Waals surface area (Å²) in [4.78, 5) is 24.1. The van der Waals surface area contributed by atoms with Crippen molar-refractivity contribution in [2.45, 2.75) is 25.9 Å². The van der Waals surface area contributed by atoms with E-state index >= 15 is 0 Å². The van der Waals surface area contributed by atoms with Crippen LogP contribution in [0.15, 0.2) is 0 Å². The molecular formula is C10H12N2O4S. The van der Waals surface area contributed by atoms with Crippen LogP contribution in [0.5, 0.6) is 0 Å². The summed E-state index contributed by atoms with van der Waals surface area (Å²) in [6.45, 7) is 1.98. The lowest BCUT2D eigenvalue weighted by molar-refractivity contribution is 0.0696. The highest BCUT2D eigenvalue weighted by Crippen LogP contribution is 2.36. The molecule has 2 rings (SSSR count). The van der Waals surface area contributed by atoms with Gasteiger partial charge in [-0.25, -0.2) is 9.59 Å². The van der Waals surface area contributed by atoms with Crippen LogP contribution in [0.3, 0.4) is 0 Å². The number of thiophene rings is 1. The number of nitrogens with two attached hydrogens (primary N) is 1. The fraction of sp³-hybridized carbons (Fsp3) is 0.400. The highest BCUT2D eigenvalue weighted by molar-refractivity contribution is 7.16. The molecule has 0 bridgehead atoms. The van der Waals surface area contributed by atoms with Crippen LogP contribution < -0.4 is 5.73 Å². The van der Waals surface area contributed by atoms with Crippen molar-refractivity contribution in [3.63, 3.8) is 0 Å². The van der Waals surface area contributed by atoms with Crippen molar-refractivity contribution in [1.82, 2.24) is 4.90 Å². The van der Waals surface area contributed by atoms with Crippen LogP contribution in [0.25, 0.3) is 0 Å². The van der Waals surface area contributed by atoms with E-state index in [1.807, 2.05) is 0 Å². The Morgan fingerprint density at radius 1 is 1.47 bits per heavy atom. The molecule has 0 aromatic carbocycles. The minimum atomic E-state index is -1.05. The van der Waals surface area contributed by atoms with Crippen LogP contribution in [0.4, 0.5) is 9.80 Å². The molecule has 2 heterocycles. The third kappa shape index (κ3) is 1.82. The number of fused-ring (bicyclic) bond motifs is 1. The molecule has 0 radical (unpaired) electrons. The maximum atomic E-state index is 11.1. The van der Waals surface area contributed by atoms with Crippen LogP contribution in [0.1, 0.15) is 27.7 Å². The summed E-state index contributed by atoms with van der Waals surface area (Å²) in [5.74, 6) is -1.05. The smallest absolute Gasteiger partial charge is 0.407 e. The van der Waals surface area contributed by atoms with Crippen molar-refractivity contribution in [2.24, 2.45) is 0 Å². The van der Waals surface area contributed by atoms with Gasteiger partial charge < -0.3 is 20.8 Å². The number of carbonyl (C=O) groups is 2. The molecule has 0 saturated heterocycles. The molecule has 1 aromatic heterocycles. The van der Waals surface area contributed by atoms with Gasteiger partial charge >= 0.3 is 12.1 Å². The second-order valence-electron chi connectivity index (χ2n) is 4.01. The zero-order valence-corrected chi connectivity index (χ0v) is 9.95. The highest BCUT2D eigenvalue weighted by Gasteiger charge is 2.32. The third-order valence-corrected chi connectivity index (χ3v) is 3.97. The number of nitrogen functional groups attached to an aromatic ring is 1. The average Bonchev–Trinajstić information content (AvgIpc) is 2.51. The SMILES string of the molecule is C[C@@H]1Cc2c(sc(N)c2C(=O)O)CN1C(=O)O. The molecule has 0 unspecified atom stereocenters. The van der Waals surface area contributed by atoms with E-state index in [0.717, 1.165) is 16.2 Å². The predicted molar refractivity (Wildman–Crippen MR) is 62.4 cm³/mol. The first-order valence-electron chi connectivity index (χ1n) is 5.04. The molecule has 1 atom stereocenters. The number of aromatic carboxylic acids is 1. The highest BCUT2D eigenvalue weighted by atomic mass is 32.1. The molecule has 1 amide bonds. The largest absolute Gasteiger partial charge is 0.478 e. The van der Waals surface area contributed by atoms with Gasteiger partial charge in [-0.3, -0.25) is 0 Å². The van der Waals surface area contributed by atoms with Crippen molar-refractivity contribution in [3.05, 3.63) is 16.0 Å². The molecule has 6 nitrogen and oxygen atoms in total. The second kappa shape index (κ2) is 3.92. The maximum absolute atomic E-state index is 11.1. The van der Waals surface area contributed by atoms with Gasteiger partial charge in [-0.1, -0.05) is 0 Å². The Kier molecular flexibility index (Phi) is 2.70. The van der Waals surface area contributed by atoms with Gasteiger partial charge in [-0.15, -0.1) is 11.3 Å². The summed E-state index contributed by atoms with van der Waals surface area (Å²) in [6, 6.07) is -0.230. The number of carboxylic acids is 1. The Morgan fingerprint density at radius 2 is 2.12 bits per heavy atom. The fourth-order valence-corrected chi connectivity index (χ4v) is 3.17. The number of hydrogen-bond acceptors (Lipinski definition) is 4. The minimum absolute atomic E-state index is 0.141. The van der Waals surface area contributed by atoms with Crippen molar-refractivity contribution in [2.75, 3.05) is 5.73 Å². The summed E-state index contributed by atoms with van der Waals surface area (Å²) in [5.41, 5.74) is 6.49. The van der Waals surface area contributed by atoms with Crippen LogP contribution in [0, 0.1) is 0 Å². The summed E-state index contributed by atoms with van der Waals surface area (Å²) in [5, 5.41) is 18.3. The maximum Gasteiger partial charge on any atom is 0.407 e. The molecule has 0 spiro atoms. The molecule has 0 fully saturated rings. The molecular weight excluding hydrogens is 244 g/mol. The van der Waals surface area contributed by atoms with Crippen LogP contribution >= 0.6 is 11.3 Å². The Balaban J connectivity index is 2.45. The van der Waals surface area contributed by atoms with E-state index in [9.17, 15) is 9.59 Å². The van der Waals surface area contributed by atoms with Gasteiger partial charge in [0.15, 0.2) is 0 Å². The Morgan fingerprint density at radius 3 is 2.65 bits per heavy atom. The number of nitrogens with zero attached hydrogens (tertiary/aromatic N) is 1. The van der Waals surface area contributed by atoms with Crippen LogP contribution in [0.2, 0.25) is 0 Å². The zero-order valence-electron chi connectivity index (χ0n) is 9.14. The first kappa shape index (κ1) is 11.7. The van der Waals surface area contributed by atoms with Gasteiger partial charge in [-0.05, 0) is 18.9 Å². The summed E-state index contributed by atoms with van der Waals surface area (Å²) in [7, 11) is 0. The van der Waals surface area contributed by atoms with Crippen molar-refractivity contribution < 1.29 is 19.8 Å². The van der Waals surface area contributed by atoms with Crippen molar-refractivity contribution >= 4 is 28.4 Å². The average molecular weight is 256 g/mol. The van der Waals surface area contributed by atoms with E-state index in [4.69, 9.17) is 15.9 Å². The van der Waals surface area contributed by atoms with Gasteiger partial charge in [-0.2, -0.15) is 0 Å². The Bertz CT molecular complexity index is 497. The molecule has 92 valence electrons. The predicted octanol–water partition coefficient (Wildman–Crippen LogP) is 1.45. The molecule has 1 aliphatic rings. The zero-order chi connectivity index (χ0) is 12.7. The molecule has 0 saturated carbocycles. The van der Waals surface area contributed by atoms with Gasteiger partial charge in [0.2, 0.25) is 0 Å². The number of anilines is 1. The topological polar surface area (TPSA) is 104 Å². The van der Waals surface area contributed by atoms with E-state index in [1.54, 1.807) is 6.92 Å². The number of hydrogen-bond donors (Lipinski definition) is 3. The molecule has 7 heteroatoms. The Labute approximate surface area is 101 Å². The number of carboxylic acid groups (broad SMARTS) is 2. The summed E-state index contributed by atoms with van der Waals surface area (Å²) in [6.07, 6.45) is -0.594. The minimum Gasteiger partial charge on any atom is -0.478 e. The first-order valence-corrected chi connectivity index (χ1v) is 5.86. The second-order valence-corrected chi connectivity index (χ2v) is 5.15. The number of amides is 1. The van der Waals surface area contributed by atoms with E-state index in [0.29, 0.717) is 12.0 Å². The van der Waals surface area contributed by atoms with Gasteiger partial charge in [0.25, 0.3) is 0 Å². The Hall–Kier alpha value is -1.76. The summed E-state index contributed by atoms with van der Waals surface area (Å²) < 4.78 is 0. The van der Waals surface area contributed by atoms with E-state index in [2.05, 4.69) is 0 Å².